The van der Waals surface area contributed by atoms with Gasteiger partial charge in [-0.2, -0.15) is 0 Å². The zero-order valence-electron chi connectivity index (χ0n) is 10.9. The van der Waals surface area contributed by atoms with Crippen LogP contribution in [0.5, 0.6) is 0 Å². The minimum absolute atomic E-state index is 0.512. The molecule has 18 heavy (non-hydrogen) atoms. The number of aromatic nitrogens is 1. The van der Waals surface area contributed by atoms with E-state index in [0.717, 1.165) is 23.6 Å². The molecule has 0 aliphatic carbocycles. The third-order valence-corrected chi connectivity index (χ3v) is 3.11. The van der Waals surface area contributed by atoms with Crippen LogP contribution in [0.3, 0.4) is 0 Å². The molecule has 0 saturated carbocycles. The van der Waals surface area contributed by atoms with Gasteiger partial charge in [0.15, 0.2) is 0 Å². The SMILES string of the molecule is CCN(c1ccccc1)c1nccc(C)c1CN. The van der Waals surface area contributed by atoms with Crippen molar-refractivity contribution < 1.29 is 0 Å². The van der Waals surface area contributed by atoms with Crippen molar-refractivity contribution in [2.45, 2.75) is 20.4 Å². The van der Waals surface area contributed by atoms with Gasteiger partial charge >= 0.3 is 0 Å². The van der Waals surface area contributed by atoms with Crippen LogP contribution in [-0.2, 0) is 6.54 Å². The Kier molecular flexibility index (Phi) is 3.95. The molecule has 1 aromatic carbocycles. The van der Waals surface area contributed by atoms with Crippen LogP contribution < -0.4 is 10.6 Å². The summed E-state index contributed by atoms with van der Waals surface area (Å²) in [5.41, 5.74) is 9.31. The van der Waals surface area contributed by atoms with E-state index in [-0.39, 0.29) is 0 Å². The smallest absolute Gasteiger partial charge is 0.137 e. The van der Waals surface area contributed by atoms with Gasteiger partial charge in [0.25, 0.3) is 0 Å². The maximum atomic E-state index is 5.86. The number of nitrogens with two attached hydrogens (primary N) is 1. The molecule has 3 nitrogen and oxygen atoms in total. The maximum absolute atomic E-state index is 5.86. The molecule has 0 saturated heterocycles. The highest BCUT2D eigenvalue weighted by Crippen LogP contribution is 2.27. The highest BCUT2D eigenvalue weighted by molar-refractivity contribution is 5.63. The number of aryl methyl sites for hydroxylation is 1. The van der Waals surface area contributed by atoms with Gasteiger partial charge in [-0.05, 0) is 37.6 Å². The molecule has 0 atom stereocenters. The van der Waals surface area contributed by atoms with Gasteiger partial charge in [-0.15, -0.1) is 0 Å². The van der Waals surface area contributed by atoms with Gasteiger partial charge in [0.05, 0.1) is 0 Å². The molecule has 0 bridgehead atoms. The predicted octanol–water partition coefficient (Wildman–Crippen LogP) is 3.01. The molecule has 0 radical (unpaired) electrons. The van der Waals surface area contributed by atoms with Crippen molar-refractivity contribution in [1.29, 1.82) is 0 Å². The summed E-state index contributed by atoms with van der Waals surface area (Å²) < 4.78 is 0. The van der Waals surface area contributed by atoms with Crippen LogP contribution in [0.1, 0.15) is 18.1 Å². The molecular weight excluding hydrogens is 222 g/mol. The van der Waals surface area contributed by atoms with Crippen LogP contribution in [0.25, 0.3) is 0 Å². The summed E-state index contributed by atoms with van der Waals surface area (Å²) in [5.74, 6) is 0.964. The molecule has 2 aromatic rings. The van der Waals surface area contributed by atoms with Gasteiger partial charge in [-0.25, -0.2) is 4.98 Å². The normalized spacial score (nSPS) is 10.4. The Morgan fingerprint density at radius 1 is 1.17 bits per heavy atom. The second kappa shape index (κ2) is 5.65. The number of benzene rings is 1. The molecule has 94 valence electrons. The van der Waals surface area contributed by atoms with Crippen molar-refractivity contribution in [3.05, 3.63) is 53.7 Å². The van der Waals surface area contributed by atoms with Crippen molar-refractivity contribution in [1.82, 2.24) is 4.98 Å². The largest absolute Gasteiger partial charge is 0.326 e. The molecule has 0 aliphatic heterocycles. The lowest BCUT2D eigenvalue weighted by molar-refractivity contribution is 0.939. The van der Waals surface area contributed by atoms with Gasteiger partial charge in [-0.1, -0.05) is 18.2 Å². The Morgan fingerprint density at radius 3 is 2.50 bits per heavy atom. The van der Waals surface area contributed by atoms with Crippen molar-refractivity contribution in [2.24, 2.45) is 5.73 Å². The molecule has 0 fully saturated rings. The van der Waals surface area contributed by atoms with E-state index in [1.54, 1.807) is 0 Å². The van der Waals surface area contributed by atoms with Gasteiger partial charge in [-0.3, -0.25) is 0 Å². The Labute approximate surface area is 108 Å². The summed E-state index contributed by atoms with van der Waals surface area (Å²) in [7, 11) is 0. The maximum Gasteiger partial charge on any atom is 0.137 e. The Morgan fingerprint density at radius 2 is 1.89 bits per heavy atom. The van der Waals surface area contributed by atoms with Crippen LogP contribution in [-0.4, -0.2) is 11.5 Å². The molecule has 0 spiro atoms. The van der Waals surface area contributed by atoms with Crippen LogP contribution in [0.4, 0.5) is 11.5 Å². The van der Waals surface area contributed by atoms with Crippen LogP contribution >= 0.6 is 0 Å². The summed E-state index contributed by atoms with van der Waals surface area (Å²) >= 11 is 0. The topological polar surface area (TPSA) is 42.2 Å². The van der Waals surface area contributed by atoms with Crippen LogP contribution in [0.2, 0.25) is 0 Å². The second-order valence-corrected chi connectivity index (χ2v) is 4.21. The van der Waals surface area contributed by atoms with Crippen LogP contribution in [0.15, 0.2) is 42.6 Å². The number of rotatable bonds is 4. The number of hydrogen-bond acceptors (Lipinski definition) is 3. The van der Waals surface area contributed by atoms with Gasteiger partial charge < -0.3 is 10.6 Å². The highest BCUT2D eigenvalue weighted by atomic mass is 15.2. The number of para-hydroxylation sites is 1. The van der Waals surface area contributed by atoms with Crippen LogP contribution in [0, 0.1) is 6.92 Å². The predicted molar refractivity (Wildman–Crippen MR) is 76.0 cm³/mol. The lowest BCUT2D eigenvalue weighted by Gasteiger charge is -2.25. The zero-order valence-corrected chi connectivity index (χ0v) is 10.9. The molecule has 2 rings (SSSR count). The molecule has 3 heteroatoms. The second-order valence-electron chi connectivity index (χ2n) is 4.21. The number of pyridine rings is 1. The summed E-state index contributed by atoms with van der Waals surface area (Å²) in [6.07, 6.45) is 1.84. The number of nitrogens with zero attached hydrogens (tertiary/aromatic N) is 2. The fourth-order valence-electron chi connectivity index (χ4n) is 2.12. The first-order valence-electron chi connectivity index (χ1n) is 6.25. The van der Waals surface area contributed by atoms with Gasteiger partial charge in [0.2, 0.25) is 0 Å². The van der Waals surface area contributed by atoms with Crippen molar-refractivity contribution in [2.75, 3.05) is 11.4 Å². The first-order valence-corrected chi connectivity index (χ1v) is 6.25. The fraction of sp³-hybridized carbons (Fsp3) is 0.267. The van der Waals surface area contributed by atoms with Crippen molar-refractivity contribution >= 4 is 11.5 Å². The van der Waals surface area contributed by atoms with E-state index in [9.17, 15) is 0 Å². The minimum Gasteiger partial charge on any atom is -0.326 e. The van der Waals surface area contributed by atoms with Crippen molar-refractivity contribution in [3.8, 4) is 0 Å². The first-order chi connectivity index (χ1) is 8.77. The average Bonchev–Trinajstić information content (AvgIpc) is 2.41. The molecular formula is C15H19N3. The first kappa shape index (κ1) is 12.6. The van der Waals surface area contributed by atoms with E-state index < -0.39 is 0 Å². The molecule has 1 aromatic heterocycles. The van der Waals surface area contributed by atoms with Gasteiger partial charge in [0.1, 0.15) is 5.82 Å². The standard InChI is InChI=1S/C15H19N3/c1-3-18(13-7-5-4-6-8-13)15-14(11-16)12(2)9-10-17-15/h4-10H,3,11,16H2,1-2H3. The van der Waals surface area contributed by atoms with E-state index in [4.69, 9.17) is 5.73 Å². The highest BCUT2D eigenvalue weighted by Gasteiger charge is 2.13. The molecule has 2 N–H and O–H groups in total. The average molecular weight is 241 g/mol. The van der Waals surface area contributed by atoms with E-state index >= 15 is 0 Å². The lowest BCUT2D eigenvalue weighted by atomic mass is 10.1. The third-order valence-electron chi connectivity index (χ3n) is 3.11. The zero-order chi connectivity index (χ0) is 13.0. The monoisotopic (exact) mass is 241 g/mol. The van der Waals surface area contributed by atoms with E-state index in [2.05, 4.69) is 35.9 Å². The quantitative estimate of drug-likeness (QED) is 0.894. The van der Waals surface area contributed by atoms with E-state index in [1.807, 2.05) is 30.5 Å². The summed E-state index contributed by atoms with van der Waals surface area (Å²) in [5, 5.41) is 0. The molecule has 1 heterocycles. The summed E-state index contributed by atoms with van der Waals surface area (Å²) in [6, 6.07) is 12.3. The number of anilines is 2. The summed E-state index contributed by atoms with van der Waals surface area (Å²) in [4.78, 5) is 6.69. The van der Waals surface area contributed by atoms with E-state index in [1.165, 1.54) is 5.56 Å². The Bertz CT molecular complexity index is 508. The molecule has 0 aliphatic rings. The number of hydrogen-bond donors (Lipinski definition) is 1. The molecule has 0 amide bonds. The van der Waals surface area contributed by atoms with Crippen molar-refractivity contribution in [3.63, 3.8) is 0 Å². The molecule has 0 unspecified atom stereocenters. The van der Waals surface area contributed by atoms with E-state index in [0.29, 0.717) is 6.54 Å². The third kappa shape index (κ3) is 2.36. The Balaban J connectivity index is 2.49. The lowest BCUT2D eigenvalue weighted by Crippen LogP contribution is -2.20. The van der Waals surface area contributed by atoms with Gasteiger partial charge in [0, 0.05) is 30.5 Å². The Hall–Kier alpha value is -1.87. The minimum atomic E-state index is 0.512. The fourth-order valence-corrected chi connectivity index (χ4v) is 2.12. The summed E-state index contributed by atoms with van der Waals surface area (Å²) in [6.45, 7) is 5.58.